The zero-order chi connectivity index (χ0) is 14.2. The van der Waals surface area contributed by atoms with Crippen molar-refractivity contribution in [2.24, 2.45) is 0 Å². The largest absolute Gasteiger partial charge is 0.269 e. The van der Waals surface area contributed by atoms with Crippen LogP contribution in [0.1, 0.15) is 59.2 Å². The van der Waals surface area contributed by atoms with Crippen LogP contribution in [0.3, 0.4) is 0 Å². The lowest BCUT2D eigenvalue weighted by atomic mass is 9.89. The molecule has 3 rings (SSSR count). The maximum Gasteiger partial charge on any atom is 0.264 e. The smallest absolute Gasteiger partial charge is 0.264 e. The van der Waals surface area contributed by atoms with Crippen LogP contribution in [0.25, 0.3) is 0 Å². The van der Waals surface area contributed by atoms with Gasteiger partial charge in [-0.25, -0.2) is 0 Å². The Morgan fingerprint density at radius 3 is 2.35 bits per heavy atom. The van der Waals surface area contributed by atoms with Crippen LogP contribution in [-0.2, 0) is 0 Å². The molecule has 1 aromatic heterocycles. The number of hydrogen-bond donors (Lipinski definition) is 0. The Labute approximate surface area is 117 Å². The molecule has 20 heavy (non-hydrogen) atoms. The van der Waals surface area contributed by atoms with Crippen molar-refractivity contribution >= 4 is 11.8 Å². The molecule has 0 spiro atoms. The summed E-state index contributed by atoms with van der Waals surface area (Å²) in [6.45, 7) is 0. The van der Waals surface area contributed by atoms with E-state index in [0.29, 0.717) is 24.0 Å². The van der Waals surface area contributed by atoms with E-state index in [-0.39, 0.29) is 11.8 Å². The summed E-state index contributed by atoms with van der Waals surface area (Å²) in [5.41, 5.74) is -0.302. The Balaban J connectivity index is 2.05. The number of carbonyl (C=O) groups excluding carboxylic acids is 2. The normalized spacial score (nSPS) is 21.2. The van der Waals surface area contributed by atoms with Gasteiger partial charge in [0.25, 0.3) is 11.8 Å². The number of hydrogen-bond acceptors (Lipinski definition) is 4. The van der Waals surface area contributed by atoms with Crippen LogP contribution in [-0.4, -0.2) is 27.2 Å². The summed E-state index contributed by atoms with van der Waals surface area (Å²) in [4.78, 5) is 30.1. The molecule has 1 fully saturated rings. The van der Waals surface area contributed by atoms with Crippen molar-refractivity contribution in [3.8, 4) is 6.07 Å². The lowest BCUT2D eigenvalue weighted by molar-refractivity contribution is 0.0484. The quantitative estimate of drug-likeness (QED) is 0.579. The fraction of sp³-hybridized carbons (Fsp3) is 0.467. The topological polar surface area (TPSA) is 74.1 Å². The zero-order valence-corrected chi connectivity index (χ0v) is 11.1. The molecule has 0 bridgehead atoms. The Morgan fingerprint density at radius 1 is 1.10 bits per heavy atom. The number of nitrogens with zero attached hydrogens (tertiary/aromatic N) is 3. The van der Waals surface area contributed by atoms with Gasteiger partial charge < -0.3 is 0 Å². The van der Waals surface area contributed by atoms with Crippen molar-refractivity contribution < 1.29 is 9.59 Å². The Bertz CT molecular complexity index is 575. The van der Waals surface area contributed by atoms with Crippen LogP contribution in [0.4, 0.5) is 0 Å². The summed E-state index contributed by atoms with van der Waals surface area (Å²) in [5, 5.41) is 9.63. The molecule has 0 radical (unpaired) electrons. The molecule has 1 aliphatic heterocycles. The van der Waals surface area contributed by atoms with Gasteiger partial charge in [-0.3, -0.25) is 19.5 Å². The van der Waals surface area contributed by atoms with Gasteiger partial charge in [0.15, 0.2) is 0 Å². The van der Waals surface area contributed by atoms with E-state index in [2.05, 4.69) is 11.1 Å². The summed E-state index contributed by atoms with van der Waals surface area (Å²) in [7, 11) is 0. The van der Waals surface area contributed by atoms with Crippen molar-refractivity contribution in [1.82, 2.24) is 9.88 Å². The molecular formula is C15H15N3O2. The molecule has 0 aromatic carbocycles. The second kappa shape index (κ2) is 4.71. The summed E-state index contributed by atoms with van der Waals surface area (Å²) in [5.74, 6) is -0.725. The number of rotatable bonds is 1. The highest BCUT2D eigenvalue weighted by molar-refractivity contribution is 6.21. The van der Waals surface area contributed by atoms with Gasteiger partial charge in [-0.05, 0) is 18.9 Å². The molecule has 0 N–H and O–H groups in total. The highest BCUT2D eigenvalue weighted by atomic mass is 16.2. The number of amides is 2. The molecule has 2 amide bonds. The van der Waals surface area contributed by atoms with Gasteiger partial charge in [0.1, 0.15) is 5.54 Å². The van der Waals surface area contributed by atoms with Crippen LogP contribution in [0.2, 0.25) is 0 Å². The Hall–Kier alpha value is -2.22. The third-order valence-electron chi connectivity index (χ3n) is 4.25. The minimum absolute atomic E-state index is 0.316. The predicted octanol–water partition coefficient (Wildman–Crippen LogP) is 2.29. The fourth-order valence-electron chi connectivity index (χ4n) is 3.17. The highest BCUT2D eigenvalue weighted by Crippen LogP contribution is 2.37. The Kier molecular flexibility index (Phi) is 3.01. The minimum atomic E-state index is -0.982. The van der Waals surface area contributed by atoms with Crippen molar-refractivity contribution in [1.29, 1.82) is 5.26 Å². The van der Waals surface area contributed by atoms with Crippen LogP contribution < -0.4 is 0 Å². The summed E-state index contributed by atoms with van der Waals surface area (Å²) in [6.07, 6.45) is 7.91. The average molecular weight is 269 g/mol. The van der Waals surface area contributed by atoms with Crippen molar-refractivity contribution in [2.75, 3.05) is 0 Å². The minimum Gasteiger partial charge on any atom is -0.269 e. The molecule has 0 saturated heterocycles. The van der Waals surface area contributed by atoms with Gasteiger partial charge in [-0.1, -0.05) is 25.7 Å². The lowest BCUT2D eigenvalue weighted by Gasteiger charge is -2.33. The van der Waals surface area contributed by atoms with Crippen LogP contribution in [0.15, 0.2) is 18.5 Å². The van der Waals surface area contributed by atoms with Gasteiger partial charge in [-0.15, -0.1) is 0 Å². The van der Waals surface area contributed by atoms with Crippen LogP contribution in [0.5, 0.6) is 0 Å². The number of nitriles is 1. The van der Waals surface area contributed by atoms with Gasteiger partial charge in [0, 0.05) is 12.4 Å². The zero-order valence-electron chi connectivity index (χ0n) is 11.1. The predicted molar refractivity (Wildman–Crippen MR) is 70.8 cm³/mol. The first-order valence-electron chi connectivity index (χ1n) is 6.94. The molecule has 1 saturated carbocycles. The number of aromatic nitrogens is 1. The van der Waals surface area contributed by atoms with E-state index >= 15 is 0 Å². The SMILES string of the molecule is N#CC1(N2C(=O)c3ccncc3C2=O)CCCCCC1. The maximum absolute atomic E-state index is 12.5. The number of fused-ring (bicyclic) bond motifs is 1. The molecular weight excluding hydrogens is 254 g/mol. The molecule has 1 aromatic rings. The van der Waals surface area contributed by atoms with Gasteiger partial charge >= 0.3 is 0 Å². The fourth-order valence-corrected chi connectivity index (χ4v) is 3.17. The first-order valence-corrected chi connectivity index (χ1v) is 6.94. The molecule has 5 nitrogen and oxygen atoms in total. The third kappa shape index (κ3) is 1.72. The van der Waals surface area contributed by atoms with E-state index in [1.165, 1.54) is 17.3 Å². The van der Waals surface area contributed by atoms with Gasteiger partial charge in [-0.2, -0.15) is 5.26 Å². The van der Waals surface area contributed by atoms with E-state index in [0.717, 1.165) is 25.7 Å². The second-order valence-electron chi connectivity index (χ2n) is 5.42. The van der Waals surface area contributed by atoms with E-state index in [1.54, 1.807) is 6.07 Å². The first kappa shape index (κ1) is 12.8. The van der Waals surface area contributed by atoms with Crippen molar-refractivity contribution in [2.45, 2.75) is 44.1 Å². The maximum atomic E-state index is 12.5. The van der Waals surface area contributed by atoms with Crippen LogP contribution >= 0.6 is 0 Å². The summed E-state index contributed by atoms with van der Waals surface area (Å²) < 4.78 is 0. The second-order valence-corrected chi connectivity index (χ2v) is 5.42. The monoisotopic (exact) mass is 269 g/mol. The molecule has 102 valence electrons. The van der Waals surface area contributed by atoms with E-state index in [9.17, 15) is 14.9 Å². The molecule has 0 atom stereocenters. The van der Waals surface area contributed by atoms with Gasteiger partial charge in [0.2, 0.25) is 0 Å². The van der Waals surface area contributed by atoms with E-state index in [1.807, 2.05) is 0 Å². The van der Waals surface area contributed by atoms with Crippen molar-refractivity contribution in [3.05, 3.63) is 29.6 Å². The summed E-state index contributed by atoms with van der Waals surface area (Å²) >= 11 is 0. The van der Waals surface area contributed by atoms with E-state index in [4.69, 9.17) is 0 Å². The van der Waals surface area contributed by atoms with E-state index < -0.39 is 5.54 Å². The number of imide groups is 1. The summed E-state index contributed by atoms with van der Waals surface area (Å²) in [6, 6.07) is 3.81. The highest BCUT2D eigenvalue weighted by Gasteiger charge is 2.49. The van der Waals surface area contributed by atoms with Crippen molar-refractivity contribution in [3.63, 3.8) is 0 Å². The molecule has 5 heteroatoms. The number of carbonyl (C=O) groups is 2. The standard InChI is InChI=1S/C15H15N3O2/c16-10-15(6-3-1-2-4-7-15)18-13(19)11-5-8-17-9-12(11)14(18)20/h5,8-9H,1-4,6-7H2. The third-order valence-corrected chi connectivity index (χ3v) is 4.25. The first-order chi connectivity index (χ1) is 9.69. The molecule has 2 heterocycles. The molecule has 0 unspecified atom stereocenters. The van der Waals surface area contributed by atoms with Crippen LogP contribution in [0, 0.1) is 11.3 Å². The van der Waals surface area contributed by atoms with Gasteiger partial charge in [0.05, 0.1) is 17.2 Å². The average Bonchev–Trinajstić information content (AvgIpc) is 2.66. The molecule has 1 aliphatic carbocycles. The lowest BCUT2D eigenvalue weighted by Crippen LogP contribution is -2.50. The Morgan fingerprint density at radius 2 is 1.75 bits per heavy atom. The number of pyridine rings is 1. The molecule has 2 aliphatic rings.